The molecule has 2 aromatic rings. The molecule has 0 atom stereocenters. The zero-order valence-corrected chi connectivity index (χ0v) is 11.4. The molecule has 1 amide bonds. The van der Waals surface area contributed by atoms with E-state index in [1.54, 1.807) is 24.3 Å². The number of carbonyl (C=O) groups is 2. The Kier molecular flexibility index (Phi) is 4.05. The van der Waals surface area contributed by atoms with Crippen molar-refractivity contribution in [2.45, 2.75) is 6.92 Å². The van der Waals surface area contributed by atoms with Crippen molar-refractivity contribution in [3.05, 3.63) is 58.6 Å². The third-order valence-corrected chi connectivity index (χ3v) is 2.93. The Bertz CT molecular complexity index is 665. The maximum absolute atomic E-state index is 12.3. The van der Waals surface area contributed by atoms with Gasteiger partial charge in [-0.05, 0) is 42.5 Å². The van der Waals surface area contributed by atoms with Crippen LogP contribution in [-0.4, -0.2) is 16.8 Å². The summed E-state index contributed by atoms with van der Waals surface area (Å²) in [6.45, 7) is 1.33. The average Bonchev–Trinajstić information content (AvgIpc) is 2.41. The van der Waals surface area contributed by atoms with Crippen LogP contribution < -0.4 is 5.32 Å². The first-order chi connectivity index (χ1) is 9.47. The molecule has 0 aliphatic rings. The summed E-state index contributed by atoms with van der Waals surface area (Å²) in [4.78, 5) is 23.3. The van der Waals surface area contributed by atoms with Crippen LogP contribution in [0.4, 0.5) is 5.69 Å². The first-order valence-electron chi connectivity index (χ1n) is 5.88. The van der Waals surface area contributed by atoms with E-state index in [9.17, 15) is 14.7 Å². The fourth-order valence-corrected chi connectivity index (χ4v) is 1.86. The fourth-order valence-electron chi connectivity index (χ4n) is 1.73. The van der Waals surface area contributed by atoms with Crippen LogP contribution in [0, 0.1) is 0 Å². The van der Waals surface area contributed by atoms with Gasteiger partial charge in [-0.25, -0.2) is 0 Å². The van der Waals surface area contributed by atoms with E-state index >= 15 is 0 Å². The summed E-state index contributed by atoms with van der Waals surface area (Å²) in [6, 6.07) is 10.8. The summed E-state index contributed by atoms with van der Waals surface area (Å²) in [5.74, 6) is -0.627. The second-order valence-corrected chi connectivity index (χ2v) is 4.69. The minimum Gasteiger partial charge on any atom is -0.506 e. The van der Waals surface area contributed by atoms with Crippen LogP contribution in [0.25, 0.3) is 0 Å². The summed E-state index contributed by atoms with van der Waals surface area (Å²) in [5.41, 5.74) is 1.06. The van der Waals surface area contributed by atoms with Gasteiger partial charge in [-0.1, -0.05) is 11.6 Å². The van der Waals surface area contributed by atoms with E-state index in [2.05, 4.69) is 5.32 Å². The van der Waals surface area contributed by atoms with E-state index in [0.29, 0.717) is 16.1 Å². The molecule has 0 aliphatic heterocycles. The molecule has 4 nitrogen and oxygen atoms in total. The predicted molar refractivity (Wildman–Crippen MR) is 77.3 cm³/mol. The van der Waals surface area contributed by atoms with Gasteiger partial charge >= 0.3 is 0 Å². The van der Waals surface area contributed by atoms with Crippen molar-refractivity contribution in [2.24, 2.45) is 0 Å². The smallest absolute Gasteiger partial charge is 0.221 e. The molecule has 0 saturated heterocycles. The molecule has 0 aliphatic carbocycles. The number of amides is 1. The Hall–Kier alpha value is -2.33. The molecule has 0 heterocycles. The molecule has 0 bridgehead atoms. The zero-order valence-electron chi connectivity index (χ0n) is 10.7. The molecule has 0 aromatic heterocycles. The van der Waals surface area contributed by atoms with Crippen molar-refractivity contribution >= 4 is 29.0 Å². The number of halogens is 1. The number of aromatic hydroxyl groups is 1. The van der Waals surface area contributed by atoms with Crippen LogP contribution in [0.1, 0.15) is 22.8 Å². The monoisotopic (exact) mass is 289 g/mol. The molecule has 0 unspecified atom stereocenters. The molecular weight excluding hydrogens is 278 g/mol. The fraction of sp³-hybridized carbons (Fsp3) is 0.0667. The summed E-state index contributed by atoms with van der Waals surface area (Å²) in [5, 5.41) is 12.6. The quantitative estimate of drug-likeness (QED) is 0.673. The summed E-state index contributed by atoms with van der Waals surface area (Å²) in [7, 11) is 0. The Morgan fingerprint density at radius 1 is 1.05 bits per heavy atom. The largest absolute Gasteiger partial charge is 0.506 e. The van der Waals surface area contributed by atoms with Gasteiger partial charge in [0.1, 0.15) is 5.75 Å². The van der Waals surface area contributed by atoms with Gasteiger partial charge in [0, 0.05) is 23.1 Å². The number of phenolic OH excluding ortho intramolecular Hbond substituents is 1. The van der Waals surface area contributed by atoms with Gasteiger partial charge in [-0.15, -0.1) is 0 Å². The van der Waals surface area contributed by atoms with Gasteiger partial charge in [0.05, 0.1) is 5.69 Å². The topological polar surface area (TPSA) is 66.4 Å². The van der Waals surface area contributed by atoms with Crippen molar-refractivity contribution in [3.8, 4) is 5.75 Å². The van der Waals surface area contributed by atoms with Crippen molar-refractivity contribution < 1.29 is 14.7 Å². The molecule has 102 valence electrons. The maximum atomic E-state index is 12.3. The summed E-state index contributed by atoms with van der Waals surface area (Å²) >= 11 is 5.77. The number of ketones is 1. The summed E-state index contributed by atoms with van der Waals surface area (Å²) in [6.07, 6.45) is 0. The third kappa shape index (κ3) is 3.16. The molecule has 0 saturated carbocycles. The minimum atomic E-state index is -0.323. The normalized spacial score (nSPS) is 10.1. The number of rotatable bonds is 3. The van der Waals surface area contributed by atoms with E-state index in [0.717, 1.165) is 0 Å². The van der Waals surface area contributed by atoms with E-state index in [-0.39, 0.29) is 23.1 Å². The number of carbonyl (C=O) groups excluding carboxylic acids is 2. The zero-order chi connectivity index (χ0) is 14.7. The minimum absolute atomic E-state index is 0.0899. The lowest BCUT2D eigenvalue weighted by Gasteiger charge is -2.08. The van der Waals surface area contributed by atoms with Gasteiger partial charge in [0.15, 0.2) is 5.78 Å². The Labute approximate surface area is 121 Å². The van der Waals surface area contributed by atoms with Gasteiger partial charge in [0.2, 0.25) is 5.91 Å². The second-order valence-electron chi connectivity index (χ2n) is 4.25. The van der Waals surface area contributed by atoms with Crippen LogP contribution in [0.5, 0.6) is 5.75 Å². The Morgan fingerprint density at radius 2 is 1.65 bits per heavy atom. The van der Waals surface area contributed by atoms with Crippen LogP contribution in [0.3, 0.4) is 0 Å². The lowest BCUT2D eigenvalue weighted by atomic mass is 10.0. The lowest BCUT2D eigenvalue weighted by molar-refractivity contribution is -0.114. The van der Waals surface area contributed by atoms with Crippen LogP contribution in [0.2, 0.25) is 5.02 Å². The number of nitrogens with one attached hydrogen (secondary N) is 1. The van der Waals surface area contributed by atoms with Crippen molar-refractivity contribution in [2.75, 3.05) is 5.32 Å². The molecule has 5 heteroatoms. The summed E-state index contributed by atoms with van der Waals surface area (Å²) < 4.78 is 0. The molecule has 0 fully saturated rings. The Morgan fingerprint density at radius 3 is 2.25 bits per heavy atom. The number of anilines is 1. The number of benzene rings is 2. The van der Waals surface area contributed by atoms with Crippen LogP contribution in [-0.2, 0) is 4.79 Å². The standard InChI is InChI=1S/C15H12ClNO3/c1-9(18)17-13-8-11(4-7-14(13)19)15(20)10-2-5-12(16)6-3-10/h2-8,19H,1H3,(H,17,18). The first kappa shape index (κ1) is 14.1. The highest BCUT2D eigenvalue weighted by atomic mass is 35.5. The van der Waals surface area contributed by atoms with Gasteiger partial charge in [0.25, 0.3) is 0 Å². The molecule has 0 radical (unpaired) electrons. The maximum Gasteiger partial charge on any atom is 0.221 e. The SMILES string of the molecule is CC(=O)Nc1cc(C(=O)c2ccc(Cl)cc2)ccc1O. The highest BCUT2D eigenvalue weighted by Crippen LogP contribution is 2.25. The highest BCUT2D eigenvalue weighted by Gasteiger charge is 2.12. The average molecular weight is 290 g/mol. The number of phenols is 1. The van der Waals surface area contributed by atoms with Crippen molar-refractivity contribution in [1.82, 2.24) is 0 Å². The van der Waals surface area contributed by atoms with E-state index in [1.807, 2.05) is 0 Å². The van der Waals surface area contributed by atoms with Crippen LogP contribution in [0.15, 0.2) is 42.5 Å². The molecule has 20 heavy (non-hydrogen) atoms. The first-order valence-corrected chi connectivity index (χ1v) is 6.26. The Balaban J connectivity index is 2.35. The van der Waals surface area contributed by atoms with Gasteiger partial charge in [-0.3, -0.25) is 9.59 Å². The molecule has 2 N–H and O–H groups in total. The van der Waals surface area contributed by atoms with E-state index in [4.69, 9.17) is 11.6 Å². The molecule has 2 aromatic carbocycles. The molecule has 0 spiro atoms. The van der Waals surface area contributed by atoms with Gasteiger partial charge in [-0.2, -0.15) is 0 Å². The number of hydrogen-bond donors (Lipinski definition) is 2. The van der Waals surface area contributed by atoms with E-state index < -0.39 is 0 Å². The van der Waals surface area contributed by atoms with Gasteiger partial charge < -0.3 is 10.4 Å². The molecular formula is C15H12ClNO3. The van der Waals surface area contributed by atoms with Crippen LogP contribution >= 0.6 is 11.6 Å². The van der Waals surface area contributed by atoms with E-state index in [1.165, 1.54) is 25.1 Å². The van der Waals surface area contributed by atoms with Crippen molar-refractivity contribution in [3.63, 3.8) is 0 Å². The number of hydrogen-bond acceptors (Lipinski definition) is 3. The highest BCUT2D eigenvalue weighted by molar-refractivity contribution is 6.30. The third-order valence-electron chi connectivity index (χ3n) is 2.68. The second kappa shape index (κ2) is 5.75. The predicted octanol–water partition coefficient (Wildman–Crippen LogP) is 3.24. The van der Waals surface area contributed by atoms with Crippen molar-refractivity contribution in [1.29, 1.82) is 0 Å². The molecule has 2 rings (SSSR count). The lowest BCUT2D eigenvalue weighted by Crippen LogP contribution is -2.08.